The van der Waals surface area contributed by atoms with Gasteiger partial charge >= 0.3 is 0 Å². The molecule has 0 radical (unpaired) electrons. The molecule has 2 aromatic rings. The summed E-state index contributed by atoms with van der Waals surface area (Å²) in [7, 11) is 1.74. The number of amides is 1. The van der Waals surface area contributed by atoms with E-state index in [0.29, 0.717) is 16.8 Å². The van der Waals surface area contributed by atoms with Crippen molar-refractivity contribution >= 4 is 11.6 Å². The van der Waals surface area contributed by atoms with E-state index in [1.165, 1.54) is 12.3 Å². The highest BCUT2D eigenvalue weighted by Crippen LogP contribution is 2.18. The number of anilines is 1. The summed E-state index contributed by atoms with van der Waals surface area (Å²) in [5.41, 5.74) is 2.47. The van der Waals surface area contributed by atoms with E-state index >= 15 is 0 Å². The smallest absolute Gasteiger partial charge is 0.255 e. The Morgan fingerprint density at radius 1 is 1.33 bits per heavy atom. The lowest BCUT2D eigenvalue weighted by Gasteiger charge is -2.16. The summed E-state index contributed by atoms with van der Waals surface area (Å²) in [6.07, 6.45) is 3.12. The summed E-state index contributed by atoms with van der Waals surface area (Å²) in [6.45, 7) is 3.52. The Bertz CT molecular complexity index is 658. The highest BCUT2D eigenvalue weighted by molar-refractivity contribution is 5.99. The predicted octanol–water partition coefficient (Wildman–Crippen LogP) is 3.06. The zero-order chi connectivity index (χ0) is 15.4. The minimum absolute atomic E-state index is 0.249. The molecule has 0 aliphatic heterocycles. The minimum atomic E-state index is -0.294. The van der Waals surface area contributed by atoms with Crippen LogP contribution in [-0.4, -0.2) is 17.9 Å². The molecule has 0 spiro atoms. The number of hydrogen-bond donors (Lipinski definition) is 2. The Morgan fingerprint density at radius 2 is 2.10 bits per heavy atom. The Morgan fingerprint density at radius 3 is 2.76 bits per heavy atom. The Labute approximate surface area is 123 Å². The molecule has 110 valence electrons. The summed E-state index contributed by atoms with van der Waals surface area (Å²) in [5.74, 6) is -0.521. The number of rotatable bonds is 4. The van der Waals surface area contributed by atoms with Gasteiger partial charge in [-0.05, 0) is 37.1 Å². The third kappa shape index (κ3) is 3.37. The van der Waals surface area contributed by atoms with Gasteiger partial charge in [0.2, 0.25) is 0 Å². The molecular weight excluding hydrogens is 269 g/mol. The maximum atomic E-state index is 13.6. The number of pyridine rings is 1. The molecule has 0 aliphatic rings. The lowest BCUT2D eigenvalue weighted by atomic mass is 10.1. The van der Waals surface area contributed by atoms with E-state index < -0.39 is 0 Å². The van der Waals surface area contributed by atoms with Crippen LogP contribution in [0.4, 0.5) is 10.1 Å². The number of aryl methyl sites for hydroxylation is 1. The normalized spacial score (nSPS) is 11.8. The van der Waals surface area contributed by atoms with Crippen LogP contribution in [0.2, 0.25) is 0 Å². The van der Waals surface area contributed by atoms with Crippen LogP contribution in [0.1, 0.15) is 34.5 Å². The van der Waals surface area contributed by atoms with Gasteiger partial charge in [0.1, 0.15) is 5.82 Å². The zero-order valence-corrected chi connectivity index (χ0v) is 12.3. The number of nitrogens with one attached hydrogen (secondary N) is 2. The number of carbonyl (C=O) groups excluding carboxylic acids is 1. The van der Waals surface area contributed by atoms with E-state index in [9.17, 15) is 9.18 Å². The summed E-state index contributed by atoms with van der Waals surface area (Å²) >= 11 is 0. The van der Waals surface area contributed by atoms with Crippen molar-refractivity contribution in [3.8, 4) is 0 Å². The van der Waals surface area contributed by atoms with Crippen LogP contribution >= 0.6 is 0 Å². The molecule has 1 aromatic heterocycles. The first kappa shape index (κ1) is 15.0. The molecule has 0 bridgehead atoms. The fourth-order valence-corrected chi connectivity index (χ4v) is 2.03. The summed E-state index contributed by atoms with van der Waals surface area (Å²) in [6, 6.07) is 6.40. The summed E-state index contributed by atoms with van der Waals surface area (Å²) in [5, 5.41) is 5.79. The van der Waals surface area contributed by atoms with Crippen molar-refractivity contribution in [1.29, 1.82) is 0 Å². The Kier molecular flexibility index (Phi) is 4.52. The van der Waals surface area contributed by atoms with Crippen molar-refractivity contribution in [2.45, 2.75) is 19.9 Å². The Hall–Kier alpha value is -2.43. The van der Waals surface area contributed by atoms with E-state index in [-0.39, 0.29) is 17.8 Å². The van der Waals surface area contributed by atoms with Crippen LogP contribution in [-0.2, 0) is 0 Å². The average molecular weight is 287 g/mol. The quantitative estimate of drug-likeness (QED) is 0.908. The minimum Gasteiger partial charge on any atom is -0.387 e. The standard InChI is InChI=1S/C16H18FN3O/c1-10-4-5-12(8-14(10)17)11(2)20-16(21)13-9-19-7-6-15(13)18-3/h4-9,11H,1-3H3,(H,18,19)(H,20,21). The second-order valence-corrected chi connectivity index (χ2v) is 4.88. The lowest BCUT2D eigenvalue weighted by molar-refractivity contribution is 0.0940. The predicted molar refractivity (Wildman–Crippen MR) is 80.8 cm³/mol. The number of aromatic nitrogens is 1. The van der Waals surface area contributed by atoms with Gasteiger partial charge < -0.3 is 10.6 Å². The van der Waals surface area contributed by atoms with Gasteiger partial charge in [0.05, 0.1) is 11.6 Å². The van der Waals surface area contributed by atoms with Crippen molar-refractivity contribution in [1.82, 2.24) is 10.3 Å². The first-order chi connectivity index (χ1) is 10.0. The molecule has 1 atom stereocenters. The Balaban J connectivity index is 2.16. The summed E-state index contributed by atoms with van der Waals surface area (Å²) in [4.78, 5) is 16.2. The number of halogens is 1. The SMILES string of the molecule is CNc1ccncc1C(=O)NC(C)c1ccc(C)c(F)c1. The molecule has 1 aromatic carbocycles. The van der Waals surface area contributed by atoms with Crippen molar-refractivity contribution < 1.29 is 9.18 Å². The van der Waals surface area contributed by atoms with Gasteiger partial charge in [-0.25, -0.2) is 4.39 Å². The molecule has 2 N–H and O–H groups in total. The summed E-state index contributed by atoms with van der Waals surface area (Å²) < 4.78 is 13.6. The van der Waals surface area contributed by atoms with Crippen molar-refractivity contribution in [3.05, 3.63) is 59.2 Å². The van der Waals surface area contributed by atoms with Crippen LogP contribution in [0.15, 0.2) is 36.7 Å². The first-order valence-electron chi connectivity index (χ1n) is 6.71. The molecule has 0 fully saturated rings. The number of benzene rings is 1. The third-order valence-electron chi connectivity index (χ3n) is 3.38. The highest BCUT2D eigenvalue weighted by atomic mass is 19.1. The van der Waals surface area contributed by atoms with Gasteiger partial charge in [-0.2, -0.15) is 0 Å². The van der Waals surface area contributed by atoms with E-state index in [1.54, 1.807) is 32.3 Å². The van der Waals surface area contributed by atoms with Crippen LogP contribution in [0, 0.1) is 12.7 Å². The van der Waals surface area contributed by atoms with Gasteiger partial charge in [0.15, 0.2) is 0 Å². The molecule has 4 nitrogen and oxygen atoms in total. The lowest BCUT2D eigenvalue weighted by Crippen LogP contribution is -2.27. The monoisotopic (exact) mass is 287 g/mol. The van der Waals surface area contributed by atoms with Crippen LogP contribution in [0.3, 0.4) is 0 Å². The zero-order valence-electron chi connectivity index (χ0n) is 12.3. The fourth-order valence-electron chi connectivity index (χ4n) is 2.03. The van der Waals surface area contributed by atoms with Crippen molar-refractivity contribution in [3.63, 3.8) is 0 Å². The van der Waals surface area contributed by atoms with Gasteiger partial charge in [0.25, 0.3) is 5.91 Å². The van der Waals surface area contributed by atoms with Gasteiger partial charge in [-0.1, -0.05) is 12.1 Å². The van der Waals surface area contributed by atoms with Gasteiger partial charge in [-0.3, -0.25) is 9.78 Å². The van der Waals surface area contributed by atoms with Crippen LogP contribution < -0.4 is 10.6 Å². The van der Waals surface area contributed by atoms with Crippen molar-refractivity contribution in [2.24, 2.45) is 0 Å². The van der Waals surface area contributed by atoms with E-state index in [1.807, 2.05) is 13.0 Å². The number of nitrogens with zero attached hydrogens (tertiary/aromatic N) is 1. The molecule has 0 aliphatic carbocycles. The van der Waals surface area contributed by atoms with Crippen molar-refractivity contribution in [2.75, 3.05) is 12.4 Å². The maximum Gasteiger partial charge on any atom is 0.255 e. The molecule has 2 rings (SSSR count). The molecule has 1 heterocycles. The van der Waals surface area contributed by atoms with E-state index in [0.717, 1.165) is 5.56 Å². The molecular formula is C16H18FN3O. The highest BCUT2D eigenvalue weighted by Gasteiger charge is 2.15. The maximum absolute atomic E-state index is 13.6. The molecule has 1 amide bonds. The number of hydrogen-bond acceptors (Lipinski definition) is 3. The second-order valence-electron chi connectivity index (χ2n) is 4.88. The molecule has 21 heavy (non-hydrogen) atoms. The second kappa shape index (κ2) is 6.35. The average Bonchev–Trinajstić information content (AvgIpc) is 2.49. The molecule has 0 saturated heterocycles. The van der Waals surface area contributed by atoms with E-state index in [4.69, 9.17) is 0 Å². The van der Waals surface area contributed by atoms with Gasteiger partial charge in [-0.15, -0.1) is 0 Å². The van der Waals surface area contributed by atoms with Crippen LogP contribution in [0.5, 0.6) is 0 Å². The number of carbonyl (C=O) groups is 1. The van der Waals surface area contributed by atoms with E-state index in [2.05, 4.69) is 15.6 Å². The third-order valence-corrected chi connectivity index (χ3v) is 3.38. The molecule has 1 unspecified atom stereocenters. The topological polar surface area (TPSA) is 54.0 Å². The molecule has 0 saturated carbocycles. The first-order valence-corrected chi connectivity index (χ1v) is 6.71. The molecule has 5 heteroatoms. The largest absolute Gasteiger partial charge is 0.387 e. The van der Waals surface area contributed by atoms with Crippen LogP contribution in [0.25, 0.3) is 0 Å². The fraction of sp³-hybridized carbons (Fsp3) is 0.250. The van der Waals surface area contributed by atoms with Gasteiger partial charge in [0, 0.05) is 25.1 Å².